The number of nitrogens with zero attached hydrogens (tertiary/aromatic N) is 2. The molecule has 13 heteroatoms. The van der Waals surface area contributed by atoms with Gasteiger partial charge in [0.1, 0.15) is 12.1 Å². The second kappa shape index (κ2) is 12.5. The molecule has 1 aliphatic rings. The number of nitrogens with one attached hydrogen (secondary N) is 4. The van der Waals surface area contributed by atoms with Gasteiger partial charge >= 0.3 is 5.97 Å². The van der Waals surface area contributed by atoms with Crippen LogP contribution in [-0.2, 0) is 24.4 Å². The average Bonchev–Trinajstić information content (AvgIpc) is 3.49. The number of carboxylic acids is 1. The van der Waals surface area contributed by atoms with E-state index in [1.165, 1.54) is 0 Å². The molecule has 0 aliphatic carbocycles. The van der Waals surface area contributed by atoms with Crippen LogP contribution >= 0.6 is 0 Å². The number of hydrogen-bond donors (Lipinski definition) is 5. The zero-order valence-electron chi connectivity index (χ0n) is 22.7. The van der Waals surface area contributed by atoms with Crippen molar-refractivity contribution in [2.75, 3.05) is 18.4 Å². The molecule has 2 unspecified atom stereocenters. The maximum atomic E-state index is 13.0. The Labute approximate surface area is 232 Å². The molecule has 1 aliphatic heterocycles. The van der Waals surface area contributed by atoms with E-state index in [0.717, 1.165) is 28.7 Å². The number of para-hydroxylation sites is 2. The molecule has 0 saturated carbocycles. The molecular weight excluding hydrogens is 536 g/mol. The second-order valence-electron chi connectivity index (χ2n) is 9.97. The monoisotopic (exact) mass is 570 g/mol. The highest BCUT2D eigenvalue weighted by Crippen LogP contribution is 2.22. The zero-order chi connectivity index (χ0) is 28.9. The smallest absolute Gasteiger partial charge is 0.323 e. The average molecular weight is 571 g/mol. The lowest BCUT2D eigenvalue weighted by molar-refractivity contribution is -0.139. The summed E-state index contributed by atoms with van der Waals surface area (Å²) in [4.78, 5) is 37.3. The summed E-state index contributed by atoms with van der Waals surface area (Å²) >= 11 is 0. The fraction of sp³-hybridized carbons (Fsp3) is 0.407. The van der Waals surface area contributed by atoms with E-state index < -0.39 is 40.6 Å². The number of carbonyl (C=O) groups is 2. The SMILES string of the molecule is Cc1cc(C)c(S(=O)(=O)NC(CNC(=O)CC2CC(CCCNc3nc4ccccc4[nH]3)=NO2)C(=O)O)c(C)c1. The Kier molecular flexibility index (Phi) is 9.05. The van der Waals surface area contributed by atoms with E-state index in [-0.39, 0.29) is 11.3 Å². The summed E-state index contributed by atoms with van der Waals surface area (Å²) in [6, 6.07) is 9.67. The van der Waals surface area contributed by atoms with Crippen LogP contribution in [0.2, 0.25) is 0 Å². The summed E-state index contributed by atoms with van der Waals surface area (Å²) in [7, 11) is -4.13. The van der Waals surface area contributed by atoms with E-state index in [4.69, 9.17) is 4.84 Å². The fourth-order valence-electron chi connectivity index (χ4n) is 4.79. The van der Waals surface area contributed by atoms with E-state index in [0.29, 0.717) is 36.5 Å². The Hall–Kier alpha value is -3.97. The number of H-pyrrole nitrogens is 1. The molecule has 214 valence electrons. The minimum Gasteiger partial charge on any atom is -0.480 e. The molecule has 2 heterocycles. The zero-order valence-corrected chi connectivity index (χ0v) is 23.5. The Morgan fingerprint density at radius 3 is 2.60 bits per heavy atom. The lowest BCUT2D eigenvalue weighted by Gasteiger charge is -2.18. The van der Waals surface area contributed by atoms with Crippen molar-refractivity contribution < 1.29 is 28.0 Å². The molecule has 40 heavy (non-hydrogen) atoms. The Balaban J connectivity index is 1.19. The van der Waals surface area contributed by atoms with Crippen LogP contribution in [0.15, 0.2) is 46.4 Å². The molecule has 0 spiro atoms. The highest BCUT2D eigenvalue weighted by Gasteiger charge is 2.29. The number of amides is 1. The summed E-state index contributed by atoms with van der Waals surface area (Å²) in [6.45, 7) is 5.43. The first-order chi connectivity index (χ1) is 19.0. The van der Waals surface area contributed by atoms with Gasteiger partial charge in [-0.05, 0) is 56.9 Å². The van der Waals surface area contributed by atoms with Crippen molar-refractivity contribution in [1.82, 2.24) is 20.0 Å². The van der Waals surface area contributed by atoms with Crippen molar-refractivity contribution in [3.05, 3.63) is 53.1 Å². The minimum atomic E-state index is -4.13. The van der Waals surface area contributed by atoms with Crippen LogP contribution < -0.4 is 15.4 Å². The van der Waals surface area contributed by atoms with Gasteiger partial charge in [-0.3, -0.25) is 9.59 Å². The van der Waals surface area contributed by atoms with Gasteiger partial charge in [0, 0.05) is 19.5 Å². The number of benzene rings is 2. The van der Waals surface area contributed by atoms with Crippen molar-refractivity contribution in [3.63, 3.8) is 0 Å². The largest absolute Gasteiger partial charge is 0.480 e. The molecule has 2 aromatic carbocycles. The van der Waals surface area contributed by atoms with Crippen LogP contribution in [0.3, 0.4) is 0 Å². The number of carboxylic acid groups (broad SMARTS) is 1. The first-order valence-electron chi connectivity index (χ1n) is 13.0. The summed E-state index contributed by atoms with van der Waals surface area (Å²) in [5.41, 5.74) is 4.61. The minimum absolute atomic E-state index is 0.0283. The molecule has 12 nitrogen and oxygen atoms in total. The standard InChI is InChI=1S/C27H34N6O6S/c1-16-11-17(2)25(18(3)12-16)40(37,38)33-23(26(35)36)15-29-24(34)14-20-13-19(32-39-20)7-6-10-28-27-30-21-8-4-5-9-22(21)31-27/h4-5,8-9,11-12,20,23,33H,6-7,10,13-15H2,1-3H3,(H,29,34)(H,35,36)(H2,28,30,31). The van der Waals surface area contributed by atoms with E-state index in [2.05, 4.69) is 30.5 Å². The summed E-state index contributed by atoms with van der Waals surface area (Å²) in [6.07, 6.45) is 1.47. The van der Waals surface area contributed by atoms with Gasteiger partial charge in [0.05, 0.1) is 28.1 Å². The van der Waals surface area contributed by atoms with Gasteiger partial charge in [0.2, 0.25) is 21.9 Å². The lowest BCUT2D eigenvalue weighted by Crippen LogP contribution is -2.48. The van der Waals surface area contributed by atoms with E-state index in [1.54, 1.807) is 26.0 Å². The number of oxime groups is 1. The van der Waals surface area contributed by atoms with Crippen LogP contribution in [0.4, 0.5) is 5.95 Å². The van der Waals surface area contributed by atoms with Gasteiger partial charge in [-0.2, -0.15) is 4.72 Å². The molecule has 0 fully saturated rings. The number of aryl methyl sites for hydroxylation is 3. The molecule has 1 amide bonds. The van der Waals surface area contributed by atoms with Gasteiger partial charge in [-0.25, -0.2) is 13.4 Å². The Morgan fingerprint density at radius 1 is 1.18 bits per heavy atom. The number of aromatic nitrogens is 2. The first-order valence-corrected chi connectivity index (χ1v) is 14.5. The van der Waals surface area contributed by atoms with Crippen molar-refractivity contribution in [3.8, 4) is 0 Å². The number of fused-ring (bicyclic) bond motifs is 1. The summed E-state index contributed by atoms with van der Waals surface area (Å²) in [5, 5.41) is 19.4. The van der Waals surface area contributed by atoms with Crippen LogP contribution in [-0.4, -0.2) is 66.3 Å². The maximum Gasteiger partial charge on any atom is 0.323 e. The number of sulfonamides is 1. The Morgan fingerprint density at radius 2 is 1.90 bits per heavy atom. The number of aromatic amines is 1. The molecule has 0 radical (unpaired) electrons. The summed E-state index contributed by atoms with van der Waals surface area (Å²) < 4.78 is 28.1. The van der Waals surface area contributed by atoms with E-state index in [9.17, 15) is 23.1 Å². The second-order valence-corrected chi connectivity index (χ2v) is 11.6. The number of rotatable bonds is 13. The lowest BCUT2D eigenvalue weighted by atomic mass is 10.1. The van der Waals surface area contributed by atoms with Crippen LogP contribution in [0.5, 0.6) is 0 Å². The normalized spacial score (nSPS) is 15.9. The molecule has 5 N–H and O–H groups in total. The number of anilines is 1. The van der Waals surface area contributed by atoms with Gasteiger partial charge in [0.25, 0.3) is 0 Å². The highest BCUT2D eigenvalue weighted by atomic mass is 32.2. The molecule has 2 atom stereocenters. The van der Waals surface area contributed by atoms with Crippen molar-refractivity contribution in [1.29, 1.82) is 0 Å². The summed E-state index contributed by atoms with van der Waals surface area (Å²) in [5.74, 6) is -1.15. The molecule has 3 aromatic rings. The first kappa shape index (κ1) is 29.0. The third kappa shape index (κ3) is 7.36. The van der Waals surface area contributed by atoms with Gasteiger partial charge < -0.3 is 25.6 Å². The van der Waals surface area contributed by atoms with Gasteiger partial charge in [-0.1, -0.05) is 35.0 Å². The van der Waals surface area contributed by atoms with Crippen LogP contribution in [0, 0.1) is 20.8 Å². The number of imidazole rings is 1. The van der Waals surface area contributed by atoms with Crippen LogP contribution in [0.25, 0.3) is 11.0 Å². The molecule has 0 saturated heterocycles. The maximum absolute atomic E-state index is 13.0. The van der Waals surface area contributed by atoms with Crippen molar-refractivity contribution in [2.45, 2.75) is 63.5 Å². The van der Waals surface area contributed by atoms with E-state index in [1.807, 2.05) is 31.2 Å². The van der Waals surface area contributed by atoms with E-state index >= 15 is 0 Å². The fourth-order valence-corrected chi connectivity index (χ4v) is 6.43. The number of hydrogen-bond acceptors (Lipinski definition) is 8. The predicted octanol–water partition coefficient (Wildman–Crippen LogP) is 2.76. The Bertz CT molecular complexity index is 1480. The molecular formula is C27H34N6O6S. The molecule has 0 bridgehead atoms. The number of carbonyl (C=O) groups excluding carboxylic acids is 1. The highest BCUT2D eigenvalue weighted by molar-refractivity contribution is 7.89. The van der Waals surface area contributed by atoms with Crippen molar-refractivity contribution >= 4 is 44.6 Å². The third-order valence-electron chi connectivity index (χ3n) is 6.50. The predicted molar refractivity (Wildman–Crippen MR) is 151 cm³/mol. The van der Waals surface area contributed by atoms with Crippen LogP contribution in [0.1, 0.15) is 42.4 Å². The van der Waals surface area contributed by atoms with Gasteiger partial charge in [-0.15, -0.1) is 0 Å². The molecule has 1 aromatic heterocycles. The van der Waals surface area contributed by atoms with Gasteiger partial charge in [0.15, 0.2) is 0 Å². The number of aliphatic carboxylic acids is 1. The molecule has 4 rings (SSSR count). The topological polar surface area (TPSA) is 175 Å². The third-order valence-corrected chi connectivity index (χ3v) is 8.28. The quantitative estimate of drug-likeness (QED) is 0.195. The van der Waals surface area contributed by atoms with Crippen molar-refractivity contribution in [2.24, 2.45) is 5.16 Å².